The van der Waals surface area contributed by atoms with E-state index in [0.717, 1.165) is 45.4 Å². The fourth-order valence-electron chi connectivity index (χ4n) is 7.69. The maximum absolute atomic E-state index is 14.6. The Morgan fingerprint density at radius 1 is 0.650 bits per heavy atom. The summed E-state index contributed by atoms with van der Waals surface area (Å²) in [6.07, 6.45) is 6.96. The maximum atomic E-state index is 14.6. The molecule has 0 spiro atoms. The normalized spacial score (nSPS) is 25.7. The van der Waals surface area contributed by atoms with Crippen LogP contribution in [0.1, 0.15) is 66.2 Å². The summed E-state index contributed by atoms with van der Waals surface area (Å²) >= 11 is 0. The molecule has 4 aliphatic rings. The minimum Gasteiger partial charge on any atom is -0.491 e. The predicted molar refractivity (Wildman–Crippen MR) is 160 cm³/mol. The highest BCUT2D eigenvalue weighted by molar-refractivity contribution is 8.30. The molecule has 0 aromatic heterocycles. The van der Waals surface area contributed by atoms with Crippen LogP contribution in [0.2, 0.25) is 0 Å². The lowest BCUT2D eigenvalue weighted by atomic mass is 9.49. The van der Waals surface area contributed by atoms with Gasteiger partial charge in [-0.2, -0.15) is 0 Å². The van der Waals surface area contributed by atoms with Crippen molar-refractivity contribution in [3.63, 3.8) is 0 Å². The number of hydrogen-bond acceptors (Lipinski definition) is 4. The Balaban J connectivity index is 1.47. The summed E-state index contributed by atoms with van der Waals surface area (Å²) in [5.41, 5.74) is -0.358. The fraction of sp³-hybridized carbons (Fsp3) is 0.457. The molecule has 7 rings (SSSR count). The number of carbonyl (C=O) groups is 1. The predicted octanol–water partition coefficient (Wildman–Crippen LogP) is 9.22. The van der Waals surface area contributed by atoms with Gasteiger partial charge in [0.25, 0.3) is 0 Å². The zero-order chi connectivity index (χ0) is 27.9. The second-order valence-corrected chi connectivity index (χ2v) is 15.4. The van der Waals surface area contributed by atoms with Gasteiger partial charge in [0, 0.05) is 14.7 Å². The van der Waals surface area contributed by atoms with Gasteiger partial charge in [0.2, 0.25) is 0 Å². The third kappa shape index (κ3) is 5.13. The van der Waals surface area contributed by atoms with Gasteiger partial charge in [0.1, 0.15) is 11.5 Å². The first-order valence-corrected chi connectivity index (χ1v) is 16.5. The fourth-order valence-corrected chi connectivity index (χ4v) is 10.8. The Labute approximate surface area is 241 Å². The monoisotopic (exact) mass is 558 g/mol. The standard InChI is InChI=1S/C35H42O4S/c1-24(2)37-29-10-14-32(15-11-29)40(31-8-6-5-7-9-31,33-16-12-30(13-17-33)38-25(3)4)39-34(36)35-21-26-18-27(22-35)20-28(19-26)23-35/h5-17,24-28H,18-23H2,1-4H3. The summed E-state index contributed by atoms with van der Waals surface area (Å²) in [5, 5.41) is 0. The minimum absolute atomic E-state index is 0.00420. The van der Waals surface area contributed by atoms with Crippen molar-refractivity contribution in [1.82, 2.24) is 0 Å². The molecule has 0 aliphatic heterocycles. The lowest BCUT2D eigenvalue weighted by molar-refractivity contribution is -0.160. The smallest absolute Gasteiger partial charge is 0.323 e. The molecule has 0 heterocycles. The van der Waals surface area contributed by atoms with Gasteiger partial charge in [0.05, 0.1) is 17.6 Å². The summed E-state index contributed by atoms with van der Waals surface area (Å²) in [7, 11) is -2.38. The van der Waals surface area contributed by atoms with E-state index in [-0.39, 0.29) is 23.6 Å². The molecule has 4 aliphatic carbocycles. The highest BCUT2D eigenvalue weighted by atomic mass is 32.3. The third-order valence-corrected chi connectivity index (χ3v) is 12.0. The van der Waals surface area contributed by atoms with Crippen LogP contribution in [0.4, 0.5) is 0 Å². The lowest BCUT2D eigenvalue weighted by Gasteiger charge is -2.56. The number of rotatable bonds is 9. The zero-order valence-electron chi connectivity index (χ0n) is 24.2. The molecule has 4 fully saturated rings. The van der Waals surface area contributed by atoms with Crippen molar-refractivity contribution in [2.45, 2.75) is 93.1 Å². The van der Waals surface area contributed by atoms with Crippen LogP contribution in [0.25, 0.3) is 0 Å². The second-order valence-electron chi connectivity index (χ2n) is 12.7. The van der Waals surface area contributed by atoms with E-state index in [2.05, 4.69) is 36.4 Å². The SMILES string of the molecule is CC(C)Oc1ccc(S(OC(=O)C23CC4CC(CC(C4)C2)C3)(c2ccccc2)c2ccc(OC(C)C)cc2)cc1. The molecule has 4 nitrogen and oxygen atoms in total. The molecule has 0 atom stereocenters. The van der Waals surface area contributed by atoms with Crippen LogP contribution in [0.15, 0.2) is 93.5 Å². The Kier molecular flexibility index (Phi) is 7.37. The van der Waals surface area contributed by atoms with Crippen molar-refractivity contribution in [3.05, 3.63) is 78.9 Å². The van der Waals surface area contributed by atoms with Crippen molar-refractivity contribution in [3.8, 4) is 11.5 Å². The van der Waals surface area contributed by atoms with Gasteiger partial charge in [0.15, 0.2) is 0 Å². The highest BCUT2D eigenvalue weighted by Gasteiger charge is 2.57. The van der Waals surface area contributed by atoms with Crippen molar-refractivity contribution in [1.29, 1.82) is 0 Å². The number of carbonyl (C=O) groups excluding carboxylic acids is 1. The molecule has 4 saturated carbocycles. The Hall–Kier alpha value is -2.92. The minimum atomic E-state index is -2.38. The Morgan fingerprint density at radius 3 is 1.45 bits per heavy atom. The van der Waals surface area contributed by atoms with Gasteiger partial charge in [-0.25, -0.2) is 0 Å². The van der Waals surface area contributed by atoms with Crippen molar-refractivity contribution in [2.24, 2.45) is 23.2 Å². The van der Waals surface area contributed by atoms with Crippen molar-refractivity contribution < 1.29 is 18.5 Å². The molecule has 3 aromatic rings. The molecule has 4 bridgehead atoms. The van der Waals surface area contributed by atoms with E-state index in [1.165, 1.54) is 19.3 Å². The van der Waals surface area contributed by atoms with Gasteiger partial charge >= 0.3 is 5.97 Å². The van der Waals surface area contributed by atoms with E-state index >= 15 is 0 Å². The van der Waals surface area contributed by atoms with Crippen LogP contribution in [0.5, 0.6) is 11.5 Å². The summed E-state index contributed by atoms with van der Waals surface area (Å²) in [5.74, 6) is 3.62. The molecule has 0 amide bonds. The van der Waals surface area contributed by atoms with Gasteiger partial charge in [-0.1, -0.05) is 18.2 Å². The second kappa shape index (κ2) is 10.8. The molecular weight excluding hydrogens is 516 g/mol. The van der Waals surface area contributed by atoms with E-state index in [4.69, 9.17) is 13.7 Å². The first-order chi connectivity index (χ1) is 19.3. The summed E-state index contributed by atoms with van der Waals surface area (Å²) in [4.78, 5) is 17.6. The zero-order valence-corrected chi connectivity index (χ0v) is 25.0. The van der Waals surface area contributed by atoms with Crippen LogP contribution >= 0.6 is 10.3 Å². The van der Waals surface area contributed by atoms with Crippen LogP contribution in [-0.4, -0.2) is 18.2 Å². The Morgan fingerprint density at radius 2 is 1.05 bits per heavy atom. The molecule has 5 heteroatoms. The van der Waals surface area contributed by atoms with Crippen molar-refractivity contribution in [2.75, 3.05) is 0 Å². The molecule has 0 N–H and O–H groups in total. The average Bonchev–Trinajstić information content (AvgIpc) is 2.92. The van der Waals surface area contributed by atoms with Crippen molar-refractivity contribution >= 4 is 16.3 Å². The van der Waals surface area contributed by atoms with Gasteiger partial charge < -0.3 is 13.7 Å². The van der Waals surface area contributed by atoms with Gasteiger partial charge in [-0.05, 0) is 155 Å². The van der Waals surface area contributed by atoms with Crippen LogP contribution in [0.3, 0.4) is 0 Å². The molecule has 0 saturated heterocycles. The largest absolute Gasteiger partial charge is 0.491 e. The topological polar surface area (TPSA) is 44.8 Å². The molecule has 212 valence electrons. The molecular formula is C35H42O4S. The quantitative estimate of drug-likeness (QED) is 0.263. The van der Waals surface area contributed by atoms with Crippen LogP contribution in [0, 0.1) is 23.2 Å². The van der Waals surface area contributed by atoms with Crippen LogP contribution < -0.4 is 9.47 Å². The maximum Gasteiger partial charge on any atom is 0.323 e. The summed E-state index contributed by atoms with van der Waals surface area (Å²) in [6.45, 7) is 8.12. The van der Waals surface area contributed by atoms with E-state index in [9.17, 15) is 4.79 Å². The lowest BCUT2D eigenvalue weighted by Crippen LogP contribution is -2.50. The average molecular weight is 559 g/mol. The van der Waals surface area contributed by atoms with E-state index in [1.54, 1.807) is 0 Å². The number of ether oxygens (including phenoxy) is 2. The Bertz CT molecular complexity index is 1220. The van der Waals surface area contributed by atoms with Gasteiger partial charge in [-0.3, -0.25) is 4.79 Å². The van der Waals surface area contributed by atoms with Gasteiger partial charge in [-0.15, -0.1) is 0 Å². The first kappa shape index (κ1) is 27.3. The number of benzene rings is 3. The number of hydrogen-bond donors (Lipinski definition) is 0. The molecule has 40 heavy (non-hydrogen) atoms. The molecule has 0 unspecified atom stereocenters. The van der Waals surface area contributed by atoms with E-state index < -0.39 is 10.3 Å². The van der Waals surface area contributed by atoms with E-state index in [1.807, 2.05) is 70.2 Å². The summed E-state index contributed by atoms with van der Waals surface area (Å²) < 4.78 is 19.0. The third-order valence-electron chi connectivity index (χ3n) is 8.80. The first-order valence-electron chi connectivity index (χ1n) is 14.9. The highest BCUT2D eigenvalue weighted by Crippen LogP contribution is 2.71. The van der Waals surface area contributed by atoms with Crippen LogP contribution in [-0.2, 0) is 8.98 Å². The molecule has 0 radical (unpaired) electrons. The summed E-state index contributed by atoms with van der Waals surface area (Å²) in [6, 6.07) is 26.7. The molecule has 3 aromatic carbocycles. The van der Waals surface area contributed by atoms with E-state index in [0.29, 0.717) is 17.8 Å².